The minimum absolute atomic E-state index is 0.280. The van der Waals surface area contributed by atoms with E-state index in [0.717, 1.165) is 17.7 Å². The Kier molecular flexibility index (Phi) is 7.39. The molecule has 1 atom stereocenters. The Hall–Kier alpha value is -2.61. The van der Waals surface area contributed by atoms with Gasteiger partial charge in [-0.2, -0.15) is 13.2 Å². The maximum Gasteiger partial charge on any atom is 0.416 e. The van der Waals surface area contributed by atoms with Gasteiger partial charge in [-0.25, -0.2) is 4.79 Å². The van der Waals surface area contributed by atoms with Gasteiger partial charge in [-0.15, -0.1) is 0 Å². The Balaban J connectivity index is 2.06. The molecular weight excluding hydrogens is 369 g/mol. The molecule has 2 aromatic rings. The number of pyridine rings is 1. The predicted molar refractivity (Wildman–Crippen MR) is 102 cm³/mol. The summed E-state index contributed by atoms with van der Waals surface area (Å²) in [5.41, 5.74) is 0.799. The first-order valence-electron chi connectivity index (χ1n) is 8.93. The molecule has 0 aliphatic carbocycles. The molecule has 5 nitrogen and oxygen atoms in total. The van der Waals surface area contributed by atoms with Crippen molar-refractivity contribution >= 4 is 6.03 Å². The molecule has 0 aliphatic heterocycles. The van der Waals surface area contributed by atoms with Crippen LogP contribution in [0.1, 0.15) is 29.7 Å². The van der Waals surface area contributed by atoms with Gasteiger partial charge in [-0.3, -0.25) is 4.98 Å². The average molecular weight is 394 g/mol. The first-order valence-corrected chi connectivity index (χ1v) is 8.93. The zero-order valence-electron chi connectivity index (χ0n) is 16.2. The second kappa shape index (κ2) is 9.54. The lowest BCUT2D eigenvalue weighted by atomic mass is 10.1. The quantitative estimate of drug-likeness (QED) is 0.774. The van der Waals surface area contributed by atoms with Gasteiger partial charge in [-0.1, -0.05) is 18.2 Å². The van der Waals surface area contributed by atoms with E-state index in [1.807, 2.05) is 31.1 Å². The van der Waals surface area contributed by atoms with Gasteiger partial charge in [-0.05, 0) is 50.3 Å². The van der Waals surface area contributed by atoms with Crippen molar-refractivity contribution in [3.8, 4) is 0 Å². The highest BCUT2D eigenvalue weighted by Crippen LogP contribution is 2.29. The third-order valence-electron chi connectivity index (χ3n) is 4.28. The molecule has 1 aromatic heterocycles. The van der Waals surface area contributed by atoms with Crippen LogP contribution in [0.3, 0.4) is 0 Å². The van der Waals surface area contributed by atoms with Crippen LogP contribution in [0.25, 0.3) is 0 Å². The van der Waals surface area contributed by atoms with E-state index in [9.17, 15) is 18.0 Å². The van der Waals surface area contributed by atoms with Crippen molar-refractivity contribution in [3.63, 3.8) is 0 Å². The molecule has 0 saturated heterocycles. The minimum atomic E-state index is -4.38. The number of benzene rings is 1. The summed E-state index contributed by atoms with van der Waals surface area (Å²) < 4.78 is 38.1. The number of hydrogen-bond acceptors (Lipinski definition) is 3. The van der Waals surface area contributed by atoms with E-state index in [0.29, 0.717) is 25.2 Å². The van der Waals surface area contributed by atoms with E-state index in [1.165, 1.54) is 12.1 Å². The van der Waals surface area contributed by atoms with E-state index in [2.05, 4.69) is 10.3 Å². The third kappa shape index (κ3) is 6.53. The molecule has 1 aromatic carbocycles. The zero-order chi connectivity index (χ0) is 20.7. The lowest BCUT2D eigenvalue weighted by Crippen LogP contribution is -2.43. The van der Waals surface area contributed by atoms with Crippen LogP contribution in [0.5, 0.6) is 0 Å². The summed E-state index contributed by atoms with van der Waals surface area (Å²) in [6, 6.07) is 7.82. The SMILES string of the molecule is CC(NC(=O)N(CCN(C)C)Cc1cccnc1)c1ccc(C(F)(F)F)cc1. The topological polar surface area (TPSA) is 48.5 Å². The summed E-state index contributed by atoms with van der Waals surface area (Å²) in [5, 5.41) is 2.87. The molecule has 0 fully saturated rings. The number of urea groups is 1. The van der Waals surface area contributed by atoms with Crippen molar-refractivity contribution in [1.29, 1.82) is 0 Å². The van der Waals surface area contributed by atoms with Crippen LogP contribution in [0.2, 0.25) is 0 Å². The Morgan fingerprint density at radius 3 is 2.36 bits per heavy atom. The fourth-order valence-electron chi connectivity index (χ4n) is 2.61. The minimum Gasteiger partial charge on any atom is -0.331 e. The molecular formula is C20H25F3N4O. The lowest BCUT2D eigenvalue weighted by molar-refractivity contribution is -0.137. The number of amides is 2. The normalized spacial score (nSPS) is 12.7. The van der Waals surface area contributed by atoms with Gasteiger partial charge in [0.2, 0.25) is 0 Å². The summed E-state index contributed by atoms with van der Waals surface area (Å²) in [6.07, 6.45) is -1.01. The summed E-state index contributed by atoms with van der Waals surface area (Å²) in [4.78, 5) is 20.5. The first kappa shape index (κ1) is 21.7. The van der Waals surface area contributed by atoms with Crippen molar-refractivity contribution in [3.05, 3.63) is 65.5 Å². The smallest absolute Gasteiger partial charge is 0.331 e. The molecule has 0 spiro atoms. The van der Waals surface area contributed by atoms with Gasteiger partial charge in [0, 0.05) is 32.0 Å². The summed E-state index contributed by atoms with van der Waals surface area (Å²) in [5.74, 6) is 0. The Morgan fingerprint density at radius 1 is 1.14 bits per heavy atom. The molecule has 1 unspecified atom stereocenters. The van der Waals surface area contributed by atoms with E-state index in [-0.39, 0.29) is 6.03 Å². The van der Waals surface area contributed by atoms with E-state index in [1.54, 1.807) is 24.2 Å². The summed E-state index contributed by atoms with van der Waals surface area (Å²) >= 11 is 0. The lowest BCUT2D eigenvalue weighted by Gasteiger charge is -2.27. The third-order valence-corrected chi connectivity index (χ3v) is 4.28. The van der Waals surface area contributed by atoms with Crippen molar-refractivity contribution in [1.82, 2.24) is 20.1 Å². The maximum atomic E-state index is 12.8. The van der Waals surface area contributed by atoms with Crippen LogP contribution in [0, 0.1) is 0 Å². The van der Waals surface area contributed by atoms with Crippen LogP contribution >= 0.6 is 0 Å². The second-order valence-corrected chi connectivity index (χ2v) is 6.88. The predicted octanol–water partition coefficient (Wildman–Crippen LogP) is 3.93. The van der Waals surface area contributed by atoms with Crippen molar-refractivity contribution in [2.75, 3.05) is 27.2 Å². The Labute approximate surface area is 163 Å². The van der Waals surface area contributed by atoms with Gasteiger partial charge in [0.1, 0.15) is 0 Å². The van der Waals surface area contributed by atoms with E-state index in [4.69, 9.17) is 0 Å². The molecule has 28 heavy (non-hydrogen) atoms. The summed E-state index contributed by atoms with van der Waals surface area (Å²) in [6.45, 7) is 3.33. The molecule has 0 aliphatic rings. The Morgan fingerprint density at radius 2 is 1.82 bits per heavy atom. The highest BCUT2D eigenvalue weighted by Gasteiger charge is 2.30. The number of nitrogens with one attached hydrogen (secondary N) is 1. The fourth-order valence-corrected chi connectivity index (χ4v) is 2.61. The molecule has 8 heteroatoms. The van der Waals surface area contributed by atoms with Crippen molar-refractivity contribution in [2.45, 2.75) is 25.7 Å². The number of alkyl halides is 3. The zero-order valence-corrected chi connectivity index (χ0v) is 16.2. The monoisotopic (exact) mass is 394 g/mol. The van der Waals surface area contributed by atoms with Crippen molar-refractivity contribution in [2.24, 2.45) is 0 Å². The van der Waals surface area contributed by atoms with Gasteiger partial charge in [0.15, 0.2) is 0 Å². The van der Waals surface area contributed by atoms with Crippen LogP contribution in [-0.4, -0.2) is 48.0 Å². The first-order chi connectivity index (χ1) is 13.2. The van der Waals surface area contributed by atoms with Gasteiger partial charge in [0.25, 0.3) is 0 Å². The molecule has 0 bridgehead atoms. The molecule has 0 radical (unpaired) electrons. The molecule has 2 rings (SSSR count). The fraction of sp³-hybridized carbons (Fsp3) is 0.400. The summed E-state index contributed by atoms with van der Waals surface area (Å²) in [7, 11) is 3.84. The van der Waals surface area contributed by atoms with Crippen LogP contribution in [0.15, 0.2) is 48.8 Å². The average Bonchev–Trinajstić information content (AvgIpc) is 2.65. The molecule has 152 valence electrons. The highest BCUT2D eigenvalue weighted by molar-refractivity contribution is 5.74. The number of hydrogen-bond donors (Lipinski definition) is 1. The van der Waals surface area contributed by atoms with Crippen LogP contribution in [-0.2, 0) is 12.7 Å². The second-order valence-electron chi connectivity index (χ2n) is 6.88. The van der Waals surface area contributed by atoms with Crippen LogP contribution < -0.4 is 5.32 Å². The number of carbonyl (C=O) groups is 1. The standard InChI is InChI=1S/C20H25F3N4O/c1-15(17-6-8-18(9-7-17)20(21,22)23)25-19(28)27(12-11-26(2)3)14-16-5-4-10-24-13-16/h4-10,13,15H,11-12,14H2,1-3H3,(H,25,28). The number of nitrogens with zero attached hydrogens (tertiary/aromatic N) is 3. The maximum absolute atomic E-state index is 12.8. The number of carbonyl (C=O) groups excluding carboxylic acids is 1. The van der Waals surface area contributed by atoms with E-state index < -0.39 is 17.8 Å². The number of aromatic nitrogens is 1. The number of rotatable bonds is 7. The largest absolute Gasteiger partial charge is 0.416 e. The number of likely N-dealkylation sites (N-methyl/N-ethyl adjacent to an activating group) is 1. The molecule has 0 saturated carbocycles. The van der Waals surface area contributed by atoms with E-state index >= 15 is 0 Å². The highest BCUT2D eigenvalue weighted by atomic mass is 19.4. The van der Waals surface area contributed by atoms with Crippen molar-refractivity contribution < 1.29 is 18.0 Å². The molecule has 1 heterocycles. The Bertz CT molecular complexity index is 748. The van der Waals surface area contributed by atoms with Crippen LogP contribution in [0.4, 0.5) is 18.0 Å². The van der Waals surface area contributed by atoms with Gasteiger partial charge in [0.05, 0.1) is 11.6 Å². The number of halogens is 3. The van der Waals surface area contributed by atoms with Gasteiger partial charge < -0.3 is 15.1 Å². The molecule has 2 amide bonds. The van der Waals surface area contributed by atoms with Gasteiger partial charge >= 0.3 is 12.2 Å². The molecule has 1 N–H and O–H groups in total.